The van der Waals surface area contributed by atoms with Crippen LogP contribution in [-0.2, 0) is 10.0 Å². The standard InChI is InChI=1S/C11H7N5O2S/c12-6-9-10(7-13)15-16(11(9)14)19(17,18)8-4-2-1-3-5-8/h1-5H,14H2. The van der Waals surface area contributed by atoms with Gasteiger partial charge >= 0.3 is 0 Å². The average molecular weight is 273 g/mol. The lowest BCUT2D eigenvalue weighted by molar-refractivity contribution is 0.581. The summed E-state index contributed by atoms with van der Waals surface area (Å²) in [6, 6.07) is 10.8. The van der Waals surface area contributed by atoms with Crippen LogP contribution in [0.4, 0.5) is 5.82 Å². The van der Waals surface area contributed by atoms with Crippen molar-refractivity contribution in [3.05, 3.63) is 41.6 Å². The van der Waals surface area contributed by atoms with Crippen LogP contribution in [0.5, 0.6) is 0 Å². The van der Waals surface area contributed by atoms with E-state index in [0.29, 0.717) is 4.09 Å². The number of nitrogens with two attached hydrogens (primary N) is 1. The van der Waals surface area contributed by atoms with E-state index in [-0.39, 0.29) is 22.0 Å². The van der Waals surface area contributed by atoms with Crippen LogP contribution >= 0.6 is 0 Å². The quantitative estimate of drug-likeness (QED) is 0.846. The van der Waals surface area contributed by atoms with Gasteiger partial charge in [0.2, 0.25) is 0 Å². The molecule has 2 aromatic rings. The van der Waals surface area contributed by atoms with E-state index in [9.17, 15) is 8.42 Å². The Balaban J connectivity index is 2.72. The van der Waals surface area contributed by atoms with Gasteiger partial charge in [0.05, 0.1) is 4.90 Å². The molecule has 2 rings (SSSR count). The molecule has 2 N–H and O–H groups in total. The second-order valence-electron chi connectivity index (χ2n) is 3.49. The monoisotopic (exact) mass is 273 g/mol. The topological polar surface area (TPSA) is 126 Å². The van der Waals surface area contributed by atoms with Crippen LogP contribution < -0.4 is 5.73 Å². The molecule has 1 aromatic heterocycles. The molecule has 0 aliphatic heterocycles. The minimum Gasteiger partial charge on any atom is -0.382 e. The van der Waals surface area contributed by atoms with Gasteiger partial charge in [-0.25, -0.2) is 0 Å². The van der Waals surface area contributed by atoms with E-state index in [1.807, 2.05) is 0 Å². The van der Waals surface area contributed by atoms with Crippen molar-refractivity contribution in [3.63, 3.8) is 0 Å². The van der Waals surface area contributed by atoms with Crippen molar-refractivity contribution in [2.75, 3.05) is 5.73 Å². The molecule has 0 fully saturated rings. The van der Waals surface area contributed by atoms with Gasteiger partial charge in [-0.1, -0.05) is 18.2 Å². The van der Waals surface area contributed by atoms with Crippen LogP contribution in [-0.4, -0.2) is 17.6 Å². The fraction of sp³-hybridized carbons (Fsp3) is 0. The third-order valence-corrected chi connectivity index (χ3v) is 3.98. The largest absolute Gasteiger partial charge is 0.382 e. The van der Waals surface area contributed by atoms with E-state index in [0.717, 1.165) is 0 Å². The van der Waals surface area contributed by atoms with Gasteiger partial charge in [0.15, 0.2) is 11.5 Å². The Hall–Kier alpha value is -2.84. The summed E-state index contributed by atoms with van der Waals surface area (Å²) in [4.78, 5) is -0.0295. The number of anilines is 1. The molecule has 0 atom stereocenters. The molecule has 0 aliphatic carbocycles. The van der Waals surface area contributed by atoms with Gasteiger partial charge in [-0.05, 0) is 12.1 Å². The van der Waals surface area contributed by atoms with Crippen molar-refractivity contribution in [1.82, 2.24) is 9.19 Å². The summed E-state index contributed by atoms with van der Waals surface area (Å²) < 4.78 is 25.0. The average Bonchev–Trinajstić information content (AvgIpc) is 2.76. The van der Waals surface area contributed by atoms with Crippen LogP contribution in [0.3, 0.4) is 0 Å². The van der Waals surface area contributed by atoms with E-state index in [2.05, 4.69) is 5.10 Å². The van der Waals surface area contributed by atoms with Gasteiger partial charge in [0.1, 0.15) is 17.7 Å². The summed E-state index contributed by atoms with van der Waals surface area (Å²) >= 11 is 0. The zero-order valence-corrected chi connectivity index (χ0v) is 10.3. The van der Waals surface area contributed by atoms with Crippen LogP contribution in [0.25, 0.3) is 0 Å². The summed E-state index contributed by atoms with van der Waals surface area (Å²) in [5.74, 6) is -0.372. The number of nitrogens with zero attached hydrogens (tertiary/aromatic N) is 4. The van der Waals surface area contributed by atoms with Crippen LogP contribution in [0.15, 0.2) is 35.2 Å². The fourth-order valence-corrected chi connectivity index (χ4v) is 2.72. The maximum Gasteiger partial charge on any atom is 0.284 e. The van der Waals surface area contributed by atoms with Crippen LogP contribution in [0.1, 0.15) is 11.3 Å². The first-order chi connectivity index (χ1) is 9.02. The molecule has 0 radical (unpaired) electrons. The summed E-state index contributed by atoms with van der Waals surface area (Å²) in [6.07, 6.45) is 0. The van der Waals surface area contributed by atoms with Crippen molar-refractivity contribution >= 4 is 15.8 Å². The summed E-state index contributed by atoms with van der Waals surface area (Å²) in [6.45, 7) is 0. The molecule has 0 aliphatic rings. The molecule has 0 bridgehead atoms. The number of nitriles is 2. The summed E-state index contributed by atoms with van der Waals surface area (Å²) in [5.41, 5.74) is 4.99. The van der Waals surface area contributed by atoms with Crippen molar-refractivity contribution in [1.29, 1.82) is 10.5 Å². The molecule has 8 heteroatoms. The van der Waals surface area contributed by atoms with E-state index in [1.165, 1.54) is 12.1 Å². The minimum absolute atomic E-state index is 0.0295. The number of hydrogen-bond acceptors (Lipinski definition) is 6. The number of benzene rings is 1. The predicted octanol–water partition coefficient (Wildman–Crippen LogP) is 0.446. The van der Waals surface area contributed by atoms with Gasteiger partial charge in [-0.15, -0.1) is 9.19 Å². The molecule has 0 amide bonds. The minimum atomic E-state index is -4.01. The Labute approximate surface area is 109 Å². The Morgan fingerprint density at radius 3 is 2.26 bits per heavy atom. The van der Waals surface area contributed by atoms with Crippen LogP contribution in [0, 0.1) is 22.7 Å². The molecular weight excluding hydrogens is 266 g/mol. The van der Waals surface area contributed by atoms with Gasteiger partial charge in [0.25, 0.3) is 10.0 Å². The Kier molecular flexibility index (Phi) is 2.95. The molecule has 0 spiro atoms. The Bertz CT molecular complexity index is 809. The molecule has 0 saturated carbocycles. The fourth-order valence-electron chi connectivity index (χ4n) is 1.48. The Morgan fingerprint density at radius 1 is 1.16 bits per heavy atom. The van der Waals surface area contributed by atoms with Crippen molar-refractivity contribution in [2.24, 2.45) is 0 Å². The molecule has 0 unspecified atom stereocenters. The van der Waals surface area contributed by atoms with Gasteiger partial charge < -0.3 is 5.73 Å². The molecule has 0 saturated heterocycles. The SMILES string of the molecule is N#Cc1nn(S(=O)(=O)c2ccccc2)c(N)c1C#N. The highest BCUT2D eigenvalue weighted by Gasteiger charge is 2.25. The molecule has 7 nitrogen and oxygen atoms in total. The van der Waals surface area contributed by atoms with Crippen molar-refractivity contribution in [3.8, 4) is 12.1 Å². The highest BCUT2D eigenvalue weighted by atomic mass is 32.2. The second-order valence-corrected chi connectivity index (χ2v) is 5.26. The highest BCUT2D eigenvalue weighted by Crippen LogP contribution is 2.21. The number of nitrogen functional groups attached to an aromatic ring is 1. The highest BCUT2D eigenvalue weighted by molar-refractivity contribution is 7.90. The lowest BCUT2D eigenvalue weighted by Gasteiger charge is -2.05. The van der Waals surface area contributed by atoms with Gasteiger partial charge in [-0.3, -0.25) is 0 Å². The third-order valence-electron chi connectivity index (χ3n) is 2.38. The molecular formula is C11H7N5O2S. The predicted molar refractivity (Wildman–Crippen MR) is 65.1 cm³/mol. The first-order valence-corrected chi connectivity index (χ1v) is 6.45. The Morgan fingerprint density at radius 2 is 1.79 bits per heavy atom. The second kappa shape index (κ2) is 4.44. The maximum absolute atomic E-state index is 12.3. The van der Waals surface area contributed by atoms with Gasteiger partial charge in [-0.2, -0.15) is 18.9 Å². The zero-order valence-electron chi connectivity index (χ0n) is 9.48. The first-order valence-electron chi connectivity index (χ1n) is 5.01. The lowest BCUT2D eigenvalue weighted by Crippen LogP contribution is -2.17. The summed E-state index contributed by atoms with van der Waals surface area (Å²) in [5, 5.41) is 21.2. The smallest absolute Gasteiger partial charge is 0.284 e. The van der Waals surface area contributed by atoms with E-state index in [4.69, 9.17) is 16.3 Å². The number of aromatic nitrogens is 2. The number of rotatable bonds is 2. The normalized spacial score (nSPS) is 10.6. The molecule has 19 heavy (non-hydrogen) atoms. The molecule has 1 heterocycles. The van der Waals surface area contributed by atoms with E-state index >= 15 is 0 Å². The van der Waals surface area contributed by atoms with Crippen LogP contribution in [0.2, 0.25) is 0 Å². The maximum atomic E-state index is 12.3. The summed E-state index contributed by atoms with van der Waals surface area (Å²) in [7, 11) is -4.01. The number of hydrogen-bond donors (Lipinski definition) is 1. The van der Waals surface area contributed by atoms with E-state index < -0.39 is 10.0 Å². The third kappa shape index (κ3) is 1.90. The first kappa shape index (κ1) is 12.6. The van der Waals surface area contributed by atoms with Crippen molar-refractivity contribution < 1.29 is 8.42 Å². The molecule has 94 valence electrons. The molecule has 1 aromatic carbocycles. The zero-order chi connectivity index (χ0) is 14.0. The lowest BCUT2D eigenvalue weighted by atomic mass is 10.3. The van der Waals surface area contributed by atoms with E-state index in [1.54, 1.807) is 30.3 Å². The van der Waals surface area contributed by atoms with Gasteiger partial charge in [0, 0.05) is 0 Å². The van der Waals surface area contributed by atoms with Crippen molar-refractivity contribution in [2.45, 2.75) is 4.90 Å².